The molecule has 1 amide bonds. The number of methoxy groups -OCH3 is 1. The van der Waals surface area contributed by atoms with Crippen molar-refractivity contribution in [2.45, 2.75) is 26.9 Å². The van der Waals surface area contributed by atoms with Crippen molar-refractivity contribution in [3.05, 3.63) is 115 Å². The number of nitrogens with two attached hydrogens (primary N) is 1. The minimum absolute atomic E-state index is 0.180. The number of carbonyl (C=O) groups excluding carboxylic acids is 1. The number of aromatic nitrogens is 2. The number of nitrogen functional groups attached to an aromatic ring is 1. The highest BCUT2D eigenvalue weighted by molar-refractivity contribution is 6.12. The Morgan fingerprint density at radius 1 is 0.667 bits per heavy atom. The molecule has 3 N–H and O–H groups in total. The number of hydrogen-bond acceptors (Lipinski definition) is 3. The Hall–Kier alpha value is -5.23. The fraction of sp³-hybridized carbons (Fsp3) is 0.139. The molecular weight excluding hydrogens is 520 g/mol. The molecule has 0 saturated carbocycles. The Balaban J connectivity index is 0.000000168. The summed E-state index contributed by atoms with van der Waals surface area (Å²) in [5, 5.41) is 7.85. The highest BCUT2D eigenvalue weighted by atomic mass is 16.5. The van der Waals surface area contributed by atoms with Crippen molar-refractivity contribution in [2.24, 2.45) is 0 Å². The third kappa shape index (κ3) is 4.71. The summed E-state index contributed by atoms with van der Waals surface area (Å²) in [4.78, 5) is 12.7. The molecular formula is C36H34N4O2. The fourth-order valence-electron chi connectivity index (χ4n) is 5.91. The molecule has 0 bridgehead atoms. The predicted molar refractivity (Wildman–Crippen MR) is 176 cm³/mol. The van der Waals surface area contributed by atoms with Gasteiger partial charge in [-0.1, -0.05) is 48.5 Å². The van der Waals surface area contributed by atoms with Crippen LogP contribution in [-0.2, 0) is 13.1 Å². The fourth-order valence-corrected chi connectivity index (χ4v) is 5.91. The van der Waals surface area contributed by atoms with E-state index in [-0.39, 0.29) is 5.91 Å². The van der Waals surface area contributed by atoms with Gasteiger partial charge in [0.15, 0.2) is 0 Å². The zero-order valence-corrected chi connectivity index (χ0v) is 24.1. The van der Waals surface area contributed by atoms with E-state index in [1.54, 1.807) is 19.2 Å². The number of ether oxygens (including phenoxy) is 1. The van der Waals surface area contributed by atoms with E-state index in [0.717, 1.165) is 29.9 Å². The van der Waals surface area contributed by atoms with Gasteiger partial charge in [-0.15, -0.1) is 0 Å². The molecule has 0 atom stereocenters. The highest BCUT2D eigenvalue weighted by Gasteiger charge is 2.14. The average Bonchev–Trinajstić information content (AvgIpc) is 3.52. The maximum absolute atomic E-state index is 12.7. The summed E-state index contributed by atoms with van der Waals surface area (Å²) in [7, 11) is 1.57. The lowest BCUT2D eigenvalue weighted by Gasteiger charge is -2.09. The molecule has 0 aliphatic carbocycles. The number of nitrogens with zero attached hydrogens (tertiary/aromatic N) is 2. The van der Waals surface area contributed by atoms with Gasteiger partial charge in [-0.05, 0) is 74.5 Å². The van der Waals surface area contributed by atoms with Gasteiger partial charge >= 0.3 is 0 Å². The minimum Gasteiger partial charge on any atom is -0.496 e. The Kier molecular flexibility index (Phi) is 7.28. The molecule has 0 saturated heterocycles. The van der Waals surface area contributed by atoms with Gasteiger partial charge in [-0.25, -0.2) is 0 Å². The molecule has 0 aliphatic heterocycles. The summed E-state index contributed by atoms with van der Waals surface area (Å²) in [5.41, 5.74) is 12.9. The second kappa shape index (κ2) is 11.3. The SMILES string of the molecule is CCn1c2ccccc2c2cc(N)ccc21.CCn1c2ccccc2c2cc(NC(=O)c3ccccc3OC)ccc21. The number of carbonyl (C=O) groups is 1. The summed E-state index contributed by atoms with van der Waals surface area (Å²) in [6.07, 6.45) is 0. The number of hydrogen-bond donors (Lipinski definition) is 2. The van der Waals surface area contributed by atoms with Crippen molar-refractivity contribution in [2.75, 3.05) is 18.2 Å². The van der Waals surface area contributed by atoms with Crippen molar-refractivity contribution in [1.29, 1.82) is 0 Å². The topological polar surface area (TPSA) is 74.2 Å². The van der Waals surface area contributed by atoms with Crippen molar-refractivity contribution in [1.82, 2.24) is 9.13 Å². The van der Waals surface area contributed by atoms with Gasteiger partial charge in [-0.3, -0.25) is 4.79 Å². The molecule has 2 aromatic heterocycles. The lowest BCUT2D eigenvalue weighted by Crippen LogP contribution is -2.13. The Morgan fingerprint density at radius 3 is 1.81 bits per heavy atom. The number of nitrogens with one attached hydrogen (secondary N) is 1. The van der Waals surface area contributed by atoms with Gasteiger partial charge in [0, 0.05) is 68.1 Å². The zero-order valence-electron chi connectivity index (χ0n) is 24.1. The molecule has 0 unspecified atom stereocenters. The summed E-state index contributed by atoms with van der Waals surface area (Å²) in [6, 6.07) is 36.2. The van der Waals surface area contributed by atoms with Crippen LogP contribution in [0, 0.1) is 0 Å². The molecule has 7 rings (SSSR count). The van der Waals surface area contributed by atoms with Crippen LogP contribution in [0.2, 0.25) is 0 Å². The summed E-state index contributed by atoms with van der Waals surface area (Å²) in [5.74, 6) is 0.384. The maximum atomic E-state index is 12.7. The van der Waals surface area contributed by atoms with Crippen molar-refractivity contribution < 1.29 is 9.53 Å². The lowest BCUT2D eigenvalue weighted by molar-refractivity contribution is 0.102. The molecule has 42 heavy (non-hydrogen) atoms. The third-order valence-electron chi connectivity index (χ3n) is 7.81. The van der Waals surface area contributed by atoms with E-state index in [1.807, 2.05) is 36.4 Å². The Bertz CT molecular complexity index is 2070. The van der Waals surface area contributed by atoms with Gasteiger partial charge in [0.1, 0.15) is 5.75 Å². The van der Waals surface area contributed by atoms with Crippen LogP contribution in [0.25, 0.3) is 43.6 Å². The smallest absolute Gasteiger partial charge is 0.259 e. The van der Waals surface area contributed by atoms with Gasteiger partial charge < -0.3 is 24.9 Å². The monoisotopic (exact) mass is 554 g/mol. The molecule has 0 spiro atoms. The quantitative estimate of drug-likeness (QED) is 0.210. The number of benzene rings is 5. The second-order valence-corrected chi connectivity index (χ2v) is 10.2. The average molecular weight is 555 g/mol. The second-order valence-electron chi connectivity index (χ2n) is 10.2. The van der Waals surface area contributed by atoms with Gasteiger partial charge in [0.05, 0.1) is 12.7 Å². The number of aryl methyl sites for hydroxylation is 2. The van der Waals surface area contributed by atoms with E-state index in [1.165, 1.54) is 38.2 Å². The van der Waals surface area contributed by atoms with Gasteiger partial charge in [-0.2, -0.15) is 0 Å². The van der Waals surface area contributed by atoms with Crippen LogP contribution in [-0.4, -0.2) is 22.2 Å². The highest BCUT2D eigenvalue weighted by Crippen LogP contribution is 2.32. The summed E-state index contributed by atoms with van der Waals surface area (Å²) >= 11 is 0. The first-order valence-corrected chi connectivity index (χ1v) is 14.3. The van der Waals surface area contributed by atoms with Crippen LogP contribution < -0.4 is 15.8 Å². The van der Waals surface area contributed by atoms with E-state index >= 15 is 0 Å². The number of anilines is 2. The molecule has 7 aromatic rings. The van der Waals surface area contributed by atoms with Crippen LogP contribution in [0.5, 0.6) is 5.75 Å². The first-order chi connectivity index (χ1) is 20.5. The number of para-hydroxylation sites is 3. The Morgan fingerprint density at radius 2 is 1.19 bits per heavy atom. The Labute approximate surface area is 244 Å². The molecule has 0 fully saturated rings. The largest absolute Gasteiger partial charge is 0.496 e. The normalized spacial score (nSPS) is 11.1. The summed E-state index contributed by atoms with van der Waals surface area (Å²) in [6.45, 7) is 6.19. The van der Waals surface area contributed by atoms with Crippen molar-refractivity contribution >= 4 is 60.9 Å². The van der Waals surface area contributed by atoms with Crippen LogP contribution in [0.1, 0.15) is 24.2 Å². The van der Waals surface area contributed by atoms with E-state index in [2.05, 4.69) is 89.0 Å². The van der Waals surface area contributed by atoms with Crippen LogP contribution >= 0.6 is 0 Å². The first kappa shape index (κ1) is 27.0. The van der Waals surface area contributed by atoms with E-state index in [4.69, 9.17) is 10.5 Å². The zero-order chi connectivity index (χ0) is 29.2. The van der Waals surface area contributed by atoms with Crippen LogP contribution in [0.4, 0.5) is 11.4 Å². The van der Waals surface area contributed by atoms with Crippen molar-refractivity contribution in [3.63, 3.8) is 0 Å². The molecule has 210 valence electrons. The van der Waals surface area contributed by atoms with Crippen molar-refractivity contribution in [3.8, 4) is 5.75 Å². The first-order valence-electron chi connectivity index (χ1n) is 14.3. The van der Waals surface area contributed by atoms with E-state index in [0.29, 0.717) is 11.3 Å². The van der Waals surface area contributed by atoms with Crippen LogP contribution in [0.3, 0.4) is 0 Å². The molecule has 6 heteroatoms. The maximum Gasteiger partial charge on any atom is 0.259 e. The van der Waals surface area contributed by atoms with Gasteiger partial charge in [0.25, 0.3) is 5.91 Å². The molecule has 2 heterocycles. The number of rotatable bonds is 5. The third-order valence-corrected chi connectivity index (χ3v) is 7.81. The van der Waals surface area contributed by atoms with E-state index in [9.17, 15) is 4.79 Å². The predicted octanol–water partition coefficient (Wildman–Crippen LogP) is 8.47. The van der Waals surface area contributed by atoms with Crippen LogP contribution in [0.15, 0.2) is 109 Å². The standard InChI is InChI=1S/C22H20N2O2.C14H14N2/c1-3-24-19-10-6-4-8-16(19)18-14-15(12-13-20(18)24)23-22(25)17-9-5-7-11-21(17)26-2;1-2-16-13-6-4-3-5-11(13)12-9-10(15)7-8-14(12)16/h4-14H,3H2,1-2H3,(H,23,25);3-9H,2,15H2,1H3. The van der Waals surface area contributed by atoms with Gasteiger partial charge in [0.2, 0.25) is 0 Å². The molecule has 0 radical (unpaired) electrons. The molecule has 6 nitrogen and oxygen atoms in total. The molecule has 0 aliphatic rings. The summed E-state index contributed by atoms with van der Waals surface area (Å²) < 4.78 is 9.90. The minimum atomic E-state index is -0.180. The number of amides is 1. The lowest BCUT2D eigenvalue weighted by atomic mass is 10.1. The van der Waals surface area contributed by atoms with E-state index < -0.39 is 0 Å². The number of fused-ring (bicyclic) bond motifs is 6. The molecule has 5 aromatic carbocycles.